The molecule has 0 N–H and O–H groups in total. The fraction of sp³-hybridized carbons (Fsp3) is 0.600. The fourth-order valence-corrected chi connectivity index (χ4v) is 7.26. The van der Waals surface area contributed by atoms with Crippen molar-refractivity contribution in [3.63, 3.8) is 0 Å². The Balaban J connectivity index is 2.01. The largest absolute Gasteiger partial charge is 0.429 e. The summed E-state index contributed by atoms with van der Waals surface area (Å²) in [7, 11) is -13.5. The van der Waals surface area contributed by atoms with Crippen LogP contribution in [0.1, 0.15) is 12.0 Å². The Morgan fingerprint density at radius 1 is 0.903 bits per heavy atom. The first-order valence-electron chi connectivity index (χ1n) is 8.41. The molecule has 2 heterocycles. The van der Waals surface area contributed by atoms with Crippen LogP contribution in [0.3, 0.4) is 0 Å². The van der Waals surface area contributed by atoms with Crippen molar-refractivity contribution in [2.75, 3.05) is 26.0 Å². The molecule has 2 aliphatic rings. The predicted octanol–water partition coefficient (Wildman–Crippen LogP) is 2.79. The smallest absolute Gasteiger partial charge is 0.343 e. The number of halogens is 6. The lowest BCUT2D eigenvalue weighted by Crippen LogP contribution is -2.71. The molecule has 2 saturated heterocycles. The van der Waals surface area contributed by atoms with Crippen molar-refractivity contribution in [1.29, 1.82) is 0 Å². The first kappa shape index (κ1) is 24.6. The number of benzene rings is 1. The number of ether oxygens (including phenoxy) is 2. The molecule has 176 valence electrons. The molecule has 0 aliphatic carbocycles. The second-order valence-corrected chi connectivity index (χ2v) is 11.5. The standard InChI is InChI=1S/C15H15F6NO6S3/c1-29-11-4-2-10(3-5-11)12(27-8-9-28-12)6-7-22-30(23,24)14(18,19)13(16,17)15(20,21)31(22,25)26/h2-5H,6-9H2,1H3. The third-order valence-corrected chi connectivity index (χ3v) is 9.99. The molecule has 2 fully saturated rings. The minimum absolute atomic E-state index is 0.0613. The molecule has 16 heteroatoms. The van der Waals surface area contributed by atoms with E-state index in [1.54, 1.807) is 18.4 Å². The molecule has 1 aromatic carbocycles. The van der Waals surface area contributed by atoms with E-state index in [9.17, 15) is 43.2 Å². The third-order valence-electron chi connectivity index (χ3n) is 4.82. The van der Waals surface area contributed by atoms with Gasteiger partial charge in [0.25, 0.3) is 20.0 Å². The van der Waals surface area contributed by atoms with Crippen LogP contribution in [0.4, 0.5) is 26.3 Å². The summed E-state index contributed by atoms with van der Waals surface area (Å²) >= 11 is 1.37. The summed E-state index contributed by atoms with van der Waals surface area (Å²) in [6.45, 7) is -1.67. The van der Waals surface area contributed by atoms with E-state index in [1.165, 1.54) is 23.9 Å². The van der Waals surface area contributed by atoms with Crippen molar-refractivity contribution < 1.29 is 52.7 Å². The summed E-state index contributed by atoms with van der Waals surface area (Å²) in [5, 5.41) is -12.8. The highest BCUT2D eigenvalue weighted by atomic mass is 32.3. The molecule has 3 rings (SSSR count). The highest BCUT2D eigenvalue weighted by Gasteiger charge is 2.88. The number of alkyl halides is 6. The normalized spacial score (nSPS) is 27.7. The van der Waals surface area contributed by atoms with Crippen molar-refractivity contribution in [3.8, 4) is 0 Å². The molecule has 31 heavy (non-hydrogen) atoms. The molecule has 0 radical (unpaired) electrons. The van der Waals surface area contributed by atoms with E-state index in [1.807, 2.05) is 0 Å². The Bertz CT molecular complexity index is 1010. The number of thioether (sulfide) groups is 1. The minimum atomic E-state index is -6.73. The van der Waals surface area contributed by atoms with Crippen molar-refractivity contribution in [3.05, 3.63) is 29.8 Å². The molecule has 0 aromatic heterocycles. The Morgan fingerprint density at radius 3 is 1.77 bits per heavy atom. The topological polar surface area (TPSA) is 90.0 Å². The van der Waals surface area contributed by atoms with Gasteiger partial charge in [-0.2, -0.15) is 26.3 Å². The van der Waals surface area contributed by atoms with Gasteiger partial charge < -0.3 is 9.47 Å². The van der Waals surface area contributed by atoms with Crippen LogP contribution in [-0.4, -0.2) is 63.0 Å². The molecule has 7 nitrogen and oxygen atoms in total. The maximum atomic E-state index is 13.9. The average molecular weight is 515 g/mol. The highest BCUT2D eigenvalue weighted by molar-refractivity contribution is 8.05. The Hall–Kier alpha value is -1.07. The maximum Gasteiger partial charge on any atom is 0.429 e. The highest BCUT2D eigenvalue weighted by Crippen LogP contribution is 2.57. The SMILES string of the molecule is CSc1ccc(C2(CCN3S(=O)(=O)C(F)(F)C(F)(F)C(F)(F)S3(=O)=O)OCCO2)cc1. The van der Waals surface area contributed by atoms with E-state index in [4.69, 9.17) is 9.47 Å². The first-order valence-corrected chi connectivity index (χ1v) is 12.5. The first-order chi connectivity index (χ1) is 14.1. The summed E-state index contributed by atoms with van der Waals surface area (Å²) in [5.74, 6) is -8.54. The van der Waals surface area contributed by atoms with Crippen molar-refractivity contribution in [2.24, 2.45) is 0 Å². The summed E-state index contributed by atoms with van der Waals surface area (Å²) in [6, 6.07) is 6.13. The van der Waals surface area contributed by atoms with Gasteiger partial charge in [0.2, 0.25) is 0 Å². The van der Waals surface area contributed by atoms with E-state index >= 15 is 0 Å². The number of hydrogen-bond acceptors (Lipinski definition) is 7. The number of sulfonamides is 2. The van der Waals surface area contributed by atoms with Gasteiger partial charge in [0.15, 0.2) is 5.79 Å². The molecule has 2 aliphatic heterocycles. The van der Waals surface area contributed by atoms with Gasteiger partial charge in [-0.25, -0.2) is 16.8 Å². The maximum absolute atomic E-state index is 13.9. The van der Waals surface area contributed by atoms with Crippen LogP contribution in [0, 0.1) is 0 Å². The molecule has 0 bridgehead atoms. The van der Waals surface area contributed by atoms with Gasteiger partial charge in [0, 0.05) is 23.4 Å². The molecule has 1 aromatic rings. The lowest BCUT2D eigenvalue weighted by molar-refractivity contribution is -0.249. The molecule has 0 spiro atoms. The summed E-state index contributed by atoms with van der Waals surface area (Å²) in [5.41, 5.74) is 0.221. The summed E-state index contributed by atoms with van der Waals surface area (Å²) in [6.07, 6.45) is 0.928. The minimum Gasteiger partial charge on any atom is -0.343 e. The van der Waals surface area contributed by atoms with Gasteiger partial charge in [-0.3, -0.25) is 0 Å². The van der Waals surface area contributed by atoms with Crippen molar-refractivity contribution >= 4 is 31.8 Å². The van der Waals surface area contributed by atoms with Gasteiger partial charge in [-0.1, -0.05) is 15.8 Å². The quantitative estimate of drug-likeness (QED) is 0.440. The van der Waals surface area contributed by atoms with Crippen LogP contribution in [-0.2, 0) is 35.3 Å². The number of rotatable bonds is 5. The van der Waals surface area contributed by atoms with Crippen LogP contribution >= 0.6 is 11.8 Å². The second-order valence-electron chi connectivity index (χ2n) is 6.54. The van der Waals surface area contributed by atoms with Gasteiger partial charge in [0.05, 0.1) is 13.2 Å². The third kappa shape index (κ3) is 3.28. The Morgan fingerprint density at radius 2 is 1.35 bits per heavy atom. The molecule has 0 atom stereocenters. The van der Waals surface area contributed by atoms with Crippen LogP contribution in [0.5, 0.6) is 0 Å². The fourth-order valence-electron chi connectivity index (χ4n) is 3.11. The van der Waals surface area contributed by atoms with Crippen LogP contribution in [0.2, 0.25) is 0 Å². The van der Waals surface area contributed by atoms with Crippen LogP contribution in [0.15, 0.2) is 29.2 Å². The van der Waals surface area contributed by atoms with Gasteiger partial charge in [0.1, 0.15) is 0 Å². The Kier molecular flexibility index (Phi) is 5.93. The zero-order chi connectivity index (χ0) is 23.5. The molecule has 0 saturated carbocycles. The summed E-state index contributed by atoms with van der Waals surface area (Å²) < 4.78 is 140. The zero-order valence-electron chi connectivity index (χ0n) is 15.5. The number of hydrogen-bond donors (Lipinski definition) is 0. The van der Waals surface area contributed by atoms with Crippen molar-refractivity contribution in [1.82, 2.24) is 3.71 Å². The molecular weight excluding hydrogens is 500 g/mol. The predicted molar refractivity (Wildman–Crippen MR) is 95.8 cm³/mol. The van der Waals surface area contributed by atoms with Gasteiger partial charge in [-0.05, 0) is 18.4 Å². The van der Waals surface area contributed by atoms with E-state index < -0.39 is 58.9 Å². The van der Waals surface area contributed by atoms with Crippen LogP contribution < -0.4 is 0 Å². The van der Waals surface area contributed by atoms with Gasteiger partial charge in [-0.15, -0.1) is 11.8 Å². The second kappa shape index (κ2) is 7.48. The van der Waals surface area contributed by atoms with Crippen LogP contribution in [0.25, 0.3) is 0 Å². The van der Waals surface area contributed by atoms with E-state index in [-0.39, 0.29) is 18.8 Å². The zero-order valence-corrected chi connectivity index (χ0v) is 18.0. The molecule has 0 amide bonds. The molecule has 0 unspecified atom stereocenters. The van der Waals surface area contributed by atoms with E-state index in [0.717, 1.165) is 4.90 Å². The lowest BCUT2D eigenvalue weighted by atomic mass is 10.0. The van der Waals surface area contributed by atoms with E-state index in [2.05, 4.69) is 0 Å². The average Bonchev–Trinajstić information content (AvgIpc) is 3.16. The van der Waals surface area contributed by atoms with Gasteiger partial charge >= 0.3 is 16.4 Å². The van der Waals surface area contributed by atoms with Crippen molar-refractivity contribution in [2.45, 2.75) is 33.5 Å². The summed E-state index contributed by atoms with van der Waals surface area (Å²) in [4.78, 5) is 0.791. The lowest BCUT2D eigenvalue weighted by Gasteiger charge is -2.41. The molecular formula is C15H15F6NO6S3. The Labute approximate surface area is 177 Å². The monoisotopic (exact) mass is 515 g/mol. The number of nitrogens with zero attached hydrogens (tertiary/aromatic N) is 1. The van der Waals surface area contributed by atoms with E-state index in [0.29, 0.717) is 0 Å².